The molecule has 1 aromatic carbocycles. The van der Waals surface area contributed by atoms with E-state index in [1.165, 1.54) is 37.1 Å². The fraction of sp³-hybridized carbons (Fsp3) is 0.667. The normalized spacial score (nSPS) is 25.2. The second kappa shape index (κ2) is 8.81. The van der Waals surface area contributed by atoms with E-state index in [1.807, 2.05) is 0 Å². The maximum absolute atomic E-state index is 12.2. The van der Waals surface area contributed by atoms with Gasteiger partial charge in [-0.3, -0.25) is 9.69 Å². The van der Waals surface area contributed by atoms with Crippen LogP contribution in [-0.4, -0.2) is 29.9 Å². The molecule has 0 radical (unpaired) electrons. The van der Waals surface area contributed by atoms with E-state index in [-0.39, 0.29) is 11.9 Å². The van der Waals surface area contributed by atoms with Gasteiger partial charge in [0.25, 0.3) is 0 Å². The van der Waals surface area contributed by atoms with Crippen molar-refractivity contribution in [2.24, 2.45) is 17.6 Å². The van der Waals surface area contributed by atoms with Crippen molar-refractivity contribution in [3.05, 3.63) is 35.4 Å². The number of hydrogen-bond donors (Lipinski definition) is 2. The number of rotatable bonds is 6. The van der Waals surface area contributed by atoms with Crippen LogP contribution in [-0.2, 0) is 17.9 Å². The fourth-order valence-corrected chi connectivity index (χ4v) is 4.15. The minimum absolute atomic E-state index is 0.137. The molecule has 1 saturated carbocycles. The Hall–Kier alpha value is -1.39. The van der Waals surface area contributed by atoms with Gasteiger partial charge < -0.3 is 11.1 Å². The average Bonchev–Trinajstić information content (AvgIpc) is 3.00. The lowest BCUT2D eigenvalue weighted by Gasteiger charge is -2.30. The lowest BCUT2D eigenvalue weighted by atomic mass is 9.98. The maximum Gasteiger partial charge on any atom is 0.220 e. The van der Waals surface area contributed by atoms with E-state index in [9.17, 15) is 4.79 Å². The lowest BCUT2D eigenvalue weighted by molar-refractivity contribution is -0.122. The van der Waals surface area contributed by atoms with E-state index in [0.717, 1.165) is 31.7 Å². The summed E-state index contributed by atoms with van der Waals surface area (Å²) in [5.41, 5.74) is 8.60. The van der Waals surface area contributed by atoms with Gasteiger partial charge >= 0.3 is 0 Å². The molecule has 0 aromatic heterocycles. The summed E-state index contributed by atoms with van der Waals surface area (Å²) >= 11 is 0. The third-order valence-electron chi connectivity index (χ3n) is 5.93. The highest BCUT2D eigenvalue weighted by Crippen LogP contribution is 2.26. The Morgan fingerprint density at radius 2 is 1.96 bits per heavy atom. The largest absolute Gasteiger partial charge is 0.352 e. The van der Waals surface area contributed by atoms with Crippen LogP contribution in [0.2, 0.25) is 0 Å². The summed E-state index contributed by atoms with van der Waals surface area (Å²) < 4.78 is 0. The van der Waals surface area contributed by atoms with Crippen LogP contribution in [0.1, 0.15) is 56.6 Å². The molecule has 1 amide bonds. The second-order valence-corrected chi connectivity index (χ2v) is 8.11. The van der Waals surface area contributed by atoms with E-state index in [0.29, 0.717) is 18.9 Å². The summed E-state index contributed by atoms with van der Waals surface area (Å²) in [6, 6.07) is 8.85. The molecule has 1 saturated heterocycles. The number of hydrogen-bond acceptors (Lipinski definition) is 3. The minimum atomic E-state index is 0.137. The highest BCUT2D eigenvalue weighted by molar-refractivity contribution is 5.76. The Labute approximate surface area is 152 Å². The van der Waals surface area contributed by atoms with Crippen LogP contribution in [0.3, 0.4) is 0 Å². The molecule has 0 spiro atoms. The molecule has 25 heavy (non-hydrogen) atoms. The van der Waals surface area contributed by atoms with Crippen molar-refractivity contribution in [1.82, 2.24) is 10.2 Å². The van der Waals surface area contributed by atoms with E-state index in [1.54, 1.807) is 0 Å². The topological polar surface area (TPSA) is 58.4 Å². The Kier molecular flexibility index (Phi) is 6.49. The molecule has 0 bridgehead atoms. The van der Waals surface area contributed by atoms with Crippen molar-refractivity contribution >= 4 is 5.91 Å². The van der Waals surface area contributed by atoms with Crippen molar-refractivity contribution in [2.45, 2.75) is 64.6 Å². The second-order valence-electron chi connectivity index (χ2n) is 8.11. The van der Waals surface area contributed by atoms with E-state index in [4.69, 9.17) is 5.73 Å². The molecule has 3 rings (SSSR count). The zero-order valence-corrected chi connectivity index (χ0v) is 15.5. The molecule has 1 heterocycles. The van der Waals surface area contributed by atoms with Crippen LogP contribution in [0.5, 0.6) is 0 Å². The average molecular weight is 344 g/mol. The summed E-state index contributed by atoms with van der Waals surface area (Å²) in [5.74, 6) is 1.37. The predicted octanol–water partition coefficient (Wildman–Crippen LogP) is 3.05. The van der Waals surface area contributed by atoms with Gasteiger partial charge in [0.1, 0.15) is 0 Å². The molecule has 1 aliphatic heterocycles. The first-order valence-corrected chi connectivity index (χ1v) is 9.92. The van der Waals surface area contributed by atoms with Crippen molar-refractivity contribution in [3.8, 4) is 0 Å². The van der Waals surface area contributed by atoms with Crippen LogP contribution in [0.15, 0.2) is 24.3 Å². The van der Waals surface area contributed by atoms with Crippen LogP contribution >= 0.6 is 0 Å². The number of carbonyl (C=O) groups excluding carboxylic acids is 1. The van der Waals surface area contributed by atoms with Gasteiger partial charge in [0.15, 0.2) is 0 Å². The van der Waals surface area contributed by atoms with Crippen molar-refractivity contribution in [3.63, 3.8) is 0 Å². The quantitative estimate of drug-likeness (QED) is 0.835. The van der Waals surface area contributed by atoms with Crippen molar-refractivity contribution in [2.75, 3.05) is 13.1 Å². The number of nitrogens with zero attached hydrogens (tertiary/aromatic N) is 1. The van der Waals surface area contributed by atoms with Gasteiger partial charge in [0.2, 0.25) is 5.91 Å². The Balaban J connectivity index is 1.45. The molecule has 2 fully saturated rings. The van der Waals surface area contributed by atoms with Crippen molar-refractivity contribution in [1.29, 1.82) is 0 Å². The molecule has 0 unspecified atom stereocenters. The predicted molar refractivity (Wildman–Crippen MR) is 102 cm³/mol. The van der Waals surface area contributed by atoms with Crippen LogP contribution < -0.4 is 11.1 Å². The monoisotopic (exact) mass is 343 g/mol. The van der Waals surface area contributed by atoms with E-state index < -0.39 is 0 Å². The molecule has 1 aliphatic carbocycles. The zero-order chi connectivity index (χ0) is 17.6. The summed E-state index contributed by atoms with van der Waals surface area (Å²) in [6.07, 6.45) is 6.51. The van der Waals surface area contributed by atoms with Gasteiger partial charge in [-0.1, -0.05) is 37.6 Å². The van der Waals surface area contributed by atoms with Crippen LogP contribution in [0, 0.1) is 11.8 Å². The SMILES string of the molecule is CC1CCN(Cc2cccc(CNC(=O)C[C@@H]3CCC[C@H]3N)c2)CC1. The third-order valence-corrected chi connectivity index (χ3v) is 5.93. The number of likely N-dealkylation sites (tertiary alicyclic amines) is 1. The summed E-state index contributed by atoms with van der Waals surface area (Å²) in [6.45, 7) is 6.38. The fourth-order valence-electron chi connectivity index (χ4n) is 4.15. The van der Waals surface area contributed by atoms with Gasteiger partial charge in [-0.05, 0) is 61.7 Å². The number of nitrogens with two attached hydrogens (primary N) is 1. The Morgan fingerprint density at radius 1 is 1.20 bits per heavy atom. The molecule has 3 N–H and O–H groups in total. The maximum atomic E-state index is 12.2. The third kappa shape index (κ3) is 5.55. The Bertz CT molecular complexity index is 566. The van der Waals surface area contributed by atoms with E-state index in [2.05, 4.69) is 41.4 Å². The number of piperidine rings is 1. The van der Waals surface area contributed by atoms with Gasteiger partial charge in [0.05, 0.1) is 0 Å². The smallest absolute Gasteiger partial charge is 0.220 e. The van der Waals surface area contributed by atoms with E-state index >= 15 is 0 Å². The van der Waals surface area contributed by atoms with Crippen LogP contribution in [0.25, 0.3) is 0 Å². The summed E-state index contributed by atoms with van der Waals surface area (Å²) in [7, 11) is 0. The van der Waals surface area contributed by atoms with Gasteiger partial charge in [-0.2, -0.15) is 0 Å². The van der Waals surface area contributed by atoms with Crippen LogP contribution in [0.4, 0.5) is 0 Å². The summed E-state index contributed by atoms with van der Waals surface area (Å²) in [4.78, 5) is 14.7. The Morgan fingerprint density at radius 3 is 2.68 bits per heavy atom. The number of carbonyl (C=O) groups is 1. The molecule has 4 nitrogen and oxygen atoms in total. The molecular weight excluding hydrogens is 310 g/mol. The molecule has 1 aromatic rings. The van der Waals surface area contributed by atoms with Gasteiger partial charge in [-0.15, -0.1) is 0 Å². The standard InChI is InChI=1S/C21H33N3O/c1-16-8-10-24(11-9-16)15-18-5-2-4-17(12-18)14-23-21(25)13-19-6-3-7-20(19)22/h2,4-5,12,16,19-20H,3,6-11,13-15,22H2,1H3,(H,23,25)/t19-,20+/m0/s1. The first-order valence-electron chi connectivity index (χ1n) is 9.92. The molecule has 2 atom stereocenters. The van der Waals surface area contributed by atoms with Crippen molar-refractivity contribution < 1.29 is 4.79 Å². The number of benzene rings is 1. The highest BCUT2D eigenvalue weighted by atomic mass is 16.1. The molecular formula is C21H33N3O. The highest BCUT2D eigenvalue weighted by Gasteiger charge is 2.25. The first-order chi connectivity index (χ1) is 12.1. The first kappa shape index (κ1) is 18.4. The summed E-state index contributed by atoms with van der Waals surface area (Å²) in [5, 5.41) is 3.07. The minimum Gasteiger partial charge on any atom is -0.352 e. The van der Waals surface area contributed by atoms with Gasteiger partial charge in [-0.25, -0.2) is 0 Å². The zero-order valence-electron chi connectivity index (χ0n) is 15.5. The van der Waals surface area contributed by atoms with Gasteiger partial charge in [0, 0.05) is 25.6 Å². The molecule has 4 heteroatoms. The molecule has 2 aliphatic rings. The number of amides is 1. The number of nitrogens with one attached hydrogen (secondary N) is 1. The molecule has 138 valence electrons. The lowest BCUT2D eigenvalue weighted by Crippen LogP contribution is -2.32.